The van der Waals surface area contributed by atoms with Crippen molar-refractivity contribution in [1.29, 1.82) is 0 Å². The van der Waals surface area contributed by atoms with Gasteiger partial charge < -0.3 is 9.53 Å². The van der Waals surface area contributed by atoms with Crippen LogP contribution in [-0.2, 0) is 14.3 Å². The van der Waals surface area contributed by atoms with E-state index >= 15 is 0 Å². The molecule has 1 aliphatic rings. The van der Waals surface area contributed by atoms with Crippen LogP contribution in [-0.4, -0.2) is 19.4 Å². The summed E-state index contributed by atoms with van der Waals surface area (Å²) in [4.78, 5) is 21.8. The predicted octanol–water partition coefficient (Wildman–Crippen LogP) is 1.89. The lowest BCUT2D eigenvalue weighted by Gasteiger charge is -2.23. The van der Waals surface area contributed by atoms with Crippen molar-refractivity contribution in [2.24, 2.45) is 11.8 Å². The van der Waals surface area contributed by atoms with E-state index in [2.05, 4.69) is 11.3 Å². The zero-order chi connectivity index (χ0) is 11.3. The molecule has 1 rings (SSSR count). The lowest BCUT2D eigenvalue weighted by atomic mass is 9.80. The van der Waals surface area contributed by atoms with Crippen molar-refractivity contribution < 1.29 is 14.3 Å². The van der Waals surface area contributed by atoms with Crippen LogP contribution >= 0.6 is 0 Å². The SMILES string of the molecule is C=C1C=C[C@H](CCC(=O)OC)[C@@H](C=O)C1. The van der Waals surface area contributed by atoms with Gasteiger partial charge in [0.1, 0.15) is 6.29 Å². The fraction of sp³-hybridized carbons (Fsp3) is 0.500. The molecule has 0 aromatic heterocycles. The van der Waals surface area contributed by atoms with E-state index in [4.69, 9.17) is 0 Å². The van der Waals surface area contributed by atoms with Crippen LogP contribution in [0.15, 0.2) is 24.3 Å². The molecule has 1 aliphatic carbocycles. The molecule has 0 spiro atoms. The van der Waals surface area contributed by atoms with E-state index in [-0.39, 0.29) is 17.8 Å². The molecule has 0 heterocycles. The average Bonchev–Trinajstić information content (AvgIpc) is 2.26. The van der Waals surface area contributed by atoms with Crippen molar-refractivity contribution in [3.63, 3.8) is 0 Å². The summed E-state index contributed by atoms with van der Waals surface area (Å²) in [7, 11) is 1.37. The van der Waals surface area contributed by atoms with E-state index in [0.29, 0.717) is 19.3 Å². The lowest BCUT2D eigenvalue weighted by Crippen LogP contribution is -2.19. The number of esters is 1. The van der Waals surface area contributed by atoms with Gasteiger partial charge in [-0.1, -0.05) is 24.3 Å². The van der Waals surface area contributed by atoms with Crippen molar-refractivity contribution in [3.05, 3.63) is 24.3 Å². The van der Waals surface area contributed by atoms with Crippen molar-refractivity contribution in [3.8, 4) is 0 Å². The maximum absolute atomic E-state index is 11.0. The summed E-state index contributed by atoms with van der Waals surface area (Å²) in [6, 6.07) is 0. The Morgan fingerprint density at radius 3 is 3.07 bits per heavy atom. The van der Waals surface area contributed by atoms with Gasteiger partial charge in [0.25, 0.3) is 0 Å². The molecule has 0 unspecified atom stereocenters. The average molecular weight is 208 g/mol. The van der Waals surface area contributed by atoms with Crippen molar-refractivity contribution in [2.75, 3.05) is 7.11 Å². The Morgan fingerprint density at radius 2 is 2.47 bits per heavy atom. The molecular formula is C12H16O3. The highest BCUT2D eigenvalue weighted by atomic mass is 16.5. The van der Waals surface area contributed by atoms with E-state index in [0.717, 1.165) is 11.9 Å². The Morgan fingerprint density at radius 1 is 1.73 bits per heavy atom. The molecule has 0 amide bonds. The van der Waals surface area contributed by atoms with Crippen LogP contribution < -0.4 is 0 Å². The number of ether oxygens (including phenoxy) is 1. The Kier molecular flexibility index (Phi) is 4.28. The molecule has 0 aromatic carbocycles. The van der Waals surface area contributed by atoms with Gasteiger partial charge in [-0.25, -0.2) is 0 Å². The summed E-state index contributed by atoms with van der Waals surface area (Å²) in [5, 5.41) is 0. The number of allylic oxidation sites excluding steroid dienone is 3. The Hall–Kier alpha value is -1.38. The highest BCUT2D eigenvalue weighted by Gasteiger charge is 2.23. The van der Waals surface area contributed by atoms with Crippen LogP contribution in [0.2, 0.25) is 0 Å². The molecule has 0 saturated heterocycles. The number of methoxy groups -OCH3 is 1. The van der Waals surface area contributed by atoms with Gasteiger partial charge in [-0.05, 0) is 18.8 Å². The highest BCUT2D eigenvalue weighted by molar-refractivity contribution is 5.69. The van der Waals surface area contributed by atoms with Crippen molar-refractivity contribution in [2.45, 2.75) is 19.3 Å². The van der Waals surface area contributed by atoms with E-state index < -0.39 is 0 Å². The monoisotopic (exact) mass is 208 g/mol. The number of hydrogen-bond acceptors (Lipinski definition) is 3. The topological polar surface area (TPSA) is 43.4 Å². The minimum absolute atomic E-state index is 0.0350. The van der Waals surface area contributed by atoms with Crippen LogP contribution in [0.3, 0.4) is 0 Å². The second kappa shape index (κ2) is 5.49. The third-order valence-electron chi connectivity index (χ3n) is 2.71. The van der Waals surface area contributed by atoms with Gasteiger partial charge >= 0.3 is 5.97 Å². The fourth-order valence-corrected chi connectivity index (χ4v) is 1.77. The minimum atomic E-state index is -0.225. The van der Waals surface area contributed by atoms with Crippen molar-refractivity contribution in [1.82, 2.24) is 0 Å². The molecule has 0 aliphatic heterocycles. The van der Waals surface area contributed by atoms with Gasteiger partial charge in [0, 0.05) is 12.3 Å². The van der Waals surface area contributed by atoms with Gasteiger partial charge in [0.05, 0.1) is 7.11 Å². The maximum atomic E-state index is 11.0. The van der Waals surface area contributed by atoms with E-state index in [1.807, 2.05) is 12.2 Å². The summed E-state index contributed by atoms with van der Waals surface area (Å²) in [6.07, 6.45) is 6.58. The lowest BCUT2D eigenvalue weighted by molar-refractivity contribution is -0.141. The van der Waals surface area contributed by atoms with Gasteiger partial charge in [-0.2, -0.15) is 0 Å². The largest absolute Gasteiger partial charge is 0.469 e. The molecule has 0 fully saturated rings. The Balaban J connectivity index is 2.52. The first-order valence-corrected chi connectivity index (χ1v) is 5.05. The molecule has 3 nitrogen and oxygen atoms in total. The van der Waals surface area contributed by atoms with Gasteiger partial charge in [0.2, 0.25) is 0 Å². The van der Waals surface area contributed by atoms with E-state index in [1.165, 1.54) is 7.11 Å². The minimum Gasteiger partial charge on any atom is -0.469 e. The molecule has 0 radical (unpaired) electrons. The van der Waals surface area contributed by atoms with Gasteiger partial charge in [-0.3, -0.25) is 4.79 Å². The van der Waals surface area contributed by atoms with Crippen LogP contribution in [0.25, 0.3) is 0 Å². The first-order valence-electron chi connectivity index (χ1n) is 5.05. The van der Waals surface area contributed by atoms with Gasteiger partial charge in [0.15, 0.2) is 0 Å². The molecule has 3 heteroatoms. The first-order chi connectivity index (χ1) is 7.17. The summed E-state index contributed by atoms with van der Waals surface area (Å²) >= 11 is 0. The molecule has 0 aromatic rings. The second-order valence-electron chi connectivity index (χ2n) is 3.80. The van der Waals surface area contributed by atoms with Crippen LogP contribution in [0.4, 0.5) is 0 Å². The molecule has 0 bridgehead atoms. The zero-order valence-corrected chi connectivity index (χ0v) is 8.94. The van der Waals surface area contributed by atoms with E-state index in [9.17, 15) is 9.59 Å². The highest BCUT2D eigenvalue weighted by Crippen LogP contribution is 2.29. The third-order valence-corrected chi connectivity index (χ3v) is 2.71. The zero-order valence-electron chi connectivity index (χ0n) is 8.94. The predicted molar refractivity (Wildman–Crippen MR) is 57.2 cm³/mol. The summed E-state index contributed by atoms with van der Waals surface area (Å²) < 4.78 is 4.56. The number of aldehydes is 1. The molecule has 0 N–H and O–H groups in total. The number of hydrogen-bond donors (Lipinski definition) is 0. The van der Waals surface area contributed by atoms with Gasteiger partial charge in [-0.15, -0.1) is 0 Å². The number of carbonyl (C=O) groups is 2. The van der Waals surface area contributed by atoms with Crippen LogP contribution in [0.1, 0.15) is 19.3 Å². The first kappa shape index (κ1) is 11.7. The smallest absolute Gasteiger partial charge is 0.305 e. The van der Waals surface area contributed by atoms with E-state index in [1.54, 1.807) is 0 Å². The quantitative estimate of drug-likeness (QED) is 0.523. The maximum Gasteiger partial charge on any atom is 0.305 e. The molecule has 15 heavy (non-hydrogen) atoms. The van der Waals surface area contributed by atoms with Crippen molar-refractivity contribution >= 4 is 12.3 Å². The molecule has 2 atom stereocenters. The van der Waals surface area contributed by atoms with Crippen LogP contribution in [0, 0.1) is 11.8 Å². The number of carbonyl (C=O) groups excluding carboxylic acids is 2. The number of rotatable bonds is 4. The standard InChI is InChI=1S/C12H16O3/c1-9-3-4-10(11(7-9)8-13)5-6-12(14)15-2/h3-4,8,10-11H,1,5-7H2,2H3/t10-,11-/m1/s1. The Labute approximate surface area is 89.8 Å². The fourth-order valence-electron chi connectivity index (χ4n) is 1.77. The third kappa shape index (κ3) is 3.35. The second-order valence-corrected chi connectivity index (χ2v) is 3.80. The molecule has 0 saturated carbocycles. The normalized spacial score (nSPS) is 25.0. The molecule has 82 valence electrons. The van der Waals surface area contributed by atoms with Crippen LogP contribution in [0.5, 0.6) is 0 Å². The Bertz CT molecular complexity index is 291. The molecular weight excluding hydrogens is 192 g/mol. The summed E-state index contributed by atoms with van der Waals surface area (Å²) in [5.41, 5.74) is 0.974. The summed E-state index contributed by atoms with van der Waals surface area (Å²) in [5.74, 6) is -0.114. The summed E-state index contributed by atoms with van der Waals surface area (Å²) in [6.45, 7) is 3.82.